The number of hydrogen-bond acceptors (Lipinski definition) is 0. The third-order valence-electron chi connectivity index (χ3n) is 6.01. The predicted molar refractivity (Wildman–Crippen MR) is 172 cm³/mol. The van der Waals surface area contributed by atoms with Gasteiger partial charge in [-0.05, 0) is 21.2 Å². The average molecular weight is 730 g/mol. The van der Waals surface area contributed by atoms with E-state index in [0.29, 0.717) is 10.0 Å². The zero-order chi connectivity index (χ0) is 26.2. The first-order valence-corrected chi connectivity index (χ1v) is 15.8. The first kappa shape index (κ1) is 32.7. The molecule has 6 aromatic carbocycles. The second kappa shape index (κ2) is 16.6. The van der Waals surface area contributed by atoms with Gasteiger partial charge in [-0.15, -0.1) is 22.2 Å². The summed E-state index contributed by atoms with van der Waals surface area (Å²) in [7, 11) is -1.66. The van der Waals surface area contributed by atoms with E-state index in [0.717, 1.165) is 10.6 Å². The summed E-state index contributed by atoms with van der Waals surface area (Å²) in [4.78, 5) is 0. The van der Waals surface area contributed by atoms with E-state index in [2.05, 4.69) is 127 Å². The zero-order valence-electron chi connectivity index (χ0n) is 21.3. The molecule has 0 saturated carbocycles. The van der Waals surface area contributed by atoms with E-state index in [1.807, 2.05) is 30.3 Å². The van der Waals surface area contributed by atoms with Crippen LogP contribution in [0.4, 0.5) is 0 Å². The number of rotatable bonds is 6. The molecule has 6 rings (SSSR count). The predicted octanol–water partition coefficient (Wildman–Crippen LogP) is 7.63. The fourth-order valence-corrected chi connectivity index (χ4v) is 10.1. The van der Waals surface area contributed by atoms with Gasteiger partial charge in [0.1, 0.15) is 0 Å². The summed E-state index contributed by atoms with van der Waals surface area (Å²) in [6, 6.07) is 54.7. The van der Waals surface area contributed by atoms with Crippen LogP contribution in [0.3, 0.4) is 0 Å². The zero-order valence-corrected chi connectivity index (χ0v) is 27.3. The van der Waals surface area contributed by atoms with Gasteiger partial charge in [0.2, 0.25) is 0 Å². The van der Waals surface area contributed by atoms with E-state index in [4.69, 9.17) is 23.2 Å². The van der Waals surface area contributed by atoms with E-state index in [9.17, 15) is 0 Å². The smallest absolute Gasteiger partial charge is 0.214 e. The summed E-state index contributed by atoms with van der Waals surface area (Å²) in [5.74, 6) is 0. The molecule has 0 aliphatic heterocycles. The van der Waals surface area contributed by atoms with Gasteiger partial charge in [0.25, 0.3) is 0 Å². The summed E-state index contributed by atoms with van der Waals surface area (Å²) in [5, 5.41) is 8.62. The van der Waals surface area contributed by atoms with Gasteiger partial charge in [-0.25, -0.2) is 12.1 Å². The van der Waals surface area contributed by atoms with E-state index in [1.165, 1.54) is 21.2 Å². The van der Waals surface area contributed by atoms with Crippen molar-refractivity contribution in [1.82, 2.24) is 0 Å². The second-order valence-corrected chi connectivity index (χ2v) is 13.6. The monoisotopic (exact) mass is 728 g/mol. The van der Waals surface area contributed by atoms with Crippen molar-refractivity contribution in [3.05, 3.63) is 168 Å². The Balaban J connectivity index is 0.000000570. The minimum Gasteiger partial charge on any atom is -0.214 e. The molecule has 6 heteroatoms. The Morgan fingerprint density at radius 2 is 0.900 bits per heavy atom. The average Bonchev–Trinajstić information content (AvgIpc) is 3.66. The van der Waals surface area contributed by atoms with Gasteiger partial charge in [0.05, 0.1) is 0 Å². The molecule has 0 heterocycles. The third kappa shape index (κ3) is 7.93. The van der Waals surface area contributed by atoms with E-state index >= 15 is 0 Å². The summed E-state index contributed by atoms with van der Waals surface area (Å²) in [5.41, 5.74) is 0. The van der Waals surface area contributed by atoms with Crippen LogP contribution in [-0.4, -0.2) is 0 Å². The van der Waals surface area contributed by atoms with Crippen LogP contribution in [0, 0.1) is 0 Å². The quantitative estimate of drug-likeness (QED) is 0.0941. The van der Waals surface area contributed by atoms with Crippen LogP contribution in [0.2, 0.25) is 10.0 Å². The molecule has 0 aliphatic carbocycles. The molecular weight excluding hydrogens is 703 g/mol. The van der Waals surface area contributed by atoms with Crippen molar-refractivity contribution in [3.8, 4) is 0 Å². The molecule has 0 N–H and O–H groups in total. The summed E-state index contributed by atoms with van der Waals surface area (Å²) >= 11 is 14.0. The molecule has 0 fully saturated rings. The fraction of sp³-hybridized carbons (Fsp3) is 0. The maximum absolute atomic E-state index is 7.02. The maximum atomic E-state index is 7.02. The first-order valence-electron chi connectivity index (χ1n) is 12.4. The molecule has 0 bridgehead atoms. The molecule has 0 radical (unpaired) electrons. The standard InChI is InChI=1S/C29H21Cl2P2.C5H5.Fe.Pd/c30-28-26(32(22-13-5-1-6-14-22)23-15-7-2-8-16-23)21-27(29(28)31)33(24-17-9-3-10-18-24)25-19-11-4-12-20-25;1-2-4-5-3-1;;/h1-21H;1-5H;;/q2*-1;+2;. The Hall–Kier alpha value is -1.80. The molecule has 0 amide bonds. The Morgan fingerprint density at radius 3 is 1.25 bits per heavy atom. The first-order chi connectivity index (χ1) is 18.7. The Labute approximate surface area is 274 Å². The van der Waals surface area contributed by atoms with Gasteiger partial charge in [0.15, 0.2) is 0 Å². The number of halogens is 2. The minimum absolute atomic E-state index is 0. The van der Waals surface area contributed by atoms with Crippen molar-refractivity contribution < 1.29 is 37.5 Å². The summed E-state index contributed by atoms with van der Waals surface area (Å²) in [6.07, 6.45) is 0. The Kier molecular flexibility index (Phi) is 13.6. The summed E-state index contributed by atoms with van der Waals surface area (Å²) < 4.78 is 0. The molecule has 0 atom stereocenters. The molecular formula is C34H26Cl2FeP2Pd. The van der Waals surface area contributed by atoms with E-state index < -0.39 is 15.8 Å². The molecule has 0 nitrogen and oxygen atoms in total. The van der Waals surface area contributed by atoms with E-state index in [-0.39, 0.29) is 37.5 Å². The topological polar surface area (TPSA) is 0 Å². The van der Waals surface area contributed by atoms with Gasteiger partial charge in [-0.2, -0.15) is 35.9 Å². The molecule has 0 saturated heterocycles. The van der Waals surface area contributed by atoms with Crippen LogP contribution in [0.15, 0.2) is 158 Å². The van der Waals surface area contributed by atoms with Crippen LogP contribution in [-0.2, 0) is 37.5 Å². The van der Waals surface area contributed by atoms with Crippen molar-refractivity contribution in [2.75, 3.05) is 0 Å². The van der Waals surface area contributed by atoms with Gasteiger partial charge in [-0.1, -0.05) is 147 Å². The molecule has 204 valence electrons. The SMILES string of the molecule is Clc1c(P(c2ccccc2)c2ccccc2)c[c-](P(c2ccccc2)c2ccccc2)c1Cl.[Fe+2].[Pd].c1cc[cH-]c1. The van der Waals surface area contributed by atoms with Crippen LogP contribution in [0.5, 0.6) is 0 Å². The van der Waals surface area contributed by atoms with Crippen LogP contribution >= 0.6 is 39.0 Å². The third-order valence-corrected chi connectivity index (χ3v) is 12.1. The largest absolute Gasteiger partial charge is 2.00 e. The van der Waals surface area contributed by atoms with Crippen molar-refractivity contribution in [2.24, 2.45) is 0 Å². The number of benzene rings is 4. The van der Waals surface area contributed by atoms with Gasteiger partial charge < -0.3 is 0 Å². The van der Waals surface area contributed by atoms with Gasteiger partial charge in [0, 0.05) is 20.4 Å². The van der Waals surface area contributed by atoms with Crippen molar-refractivity contribution in [2.45, 2.75) is 0 Å². The van der Waals surface area contributed by atoms with E-state index in [1.54, 1.807) is 0 Å². The molecule has 0 aliphatic rings. The normalized spacial score (nSPS) is 10.3. The van der Waals surface area contributed by atoms with Crippen LogP contribution in [0.1, 0.15) is 0 Å². The fourth-order valence-electron chi connectivity index (χ4n) is 4.29. The van der Waals surface area contributed by atoms with Crippen LogP contribution in [0.25, 0.3) is 0 Å². The minimum atomic E-state index is -0.831. The molecule has 0 aromatic heterocycles. The number of hydrogen-bond donors (Lipinski definition) is 0. The second-order valence-electron chi connectivity index (χ2n) is 8.52. The Bertz CT molecular complexity index is 1330. The molecule has 0 unspecified atom stereocenters. The van der Waals surface area contributed by atoms with Gasteiger partial charge in [-0.3, -0.25) is 0 Å². The van der Waals surface area contributed by atoms with Crippen molar-refractivity contribution in [3.63, 3.8) is 0 Å². The molecule has 40 heavy (non-hydrogen) atoms. The molecule has 0 spiro atoms. The maximum Gasteiger partial charge on any atom is 2.00 e. The van der Waals surface area contributed by atoms with Crippen molar-refractivity contribution in [1.29, 1.82) is 0 Å². The molecule has 6 aromatic rings. The summed E-state index contributed by atoms with van der Waals surface area (Å²) in [6.45, 7) is 0. The Morgan fingerprint density at radius 1 is 0.525 bits per heavy atom. The van der Waals surface area contributed by atoms with Crippen molar-refractivity contribution >= 4 is 70.9 Å². The van der Waals surface area contributed by atoms with Gasteiger partial charge >= 0.3 is 17.1 Å². The van der Waals surface area contributed by atoms with Crippen LogP contribution < -0.4 is 31.8 Å².